The molecule has 0 unspecified atom stereocenters. The Labute approximate surface area is 90.2 Å². The quantitative estimate of drug-likeness (QED) is 0.686. The van der Waals surface area contributed by atoms with Crippen molar-refractivity contribution in [2.45, 2.75) is 51.2 Å². The van der Waals surface area contributed by atoms with Crippen molar-refractivity contribution in [3.05, 3.63) is 0 Å². The zero-order valence-electron chi connectivity index (χ0n) is 9.20. The van der Waals surface area contributed by atoms with Crippen LogP contribution in [0.5, 0.6) is 0 Å². The van der Waals surface area contributed by atoms with Gasteiger partial charge in [0.05, 0.1) is 12.7 Å². The highest BCUT2D eigenvalue weighted by Crippen LogP contribution is 2.19. The fourth-order valence-electron chi connectivity index (χ4n) is 1.75. The molecule has 86 valence electrons. The maximum absolute atomic E-state index is 11.0. The van der Waals surface area contributed by atoms with Crippen LogP contribution >= 0.6 is 0 Å². The Hall–Kier alpha value is -0.740. The van der Waals surface area contributed by atoms with Crippen LogP contribution in [-0.4, -0.2) is 30.3 Å². The first kappa shape index (κ1) is 12.3. The van der Waals surface area contributed by atoms with Crippen molar-refractivity contribution in [1.29, 1.82) is 0 Å². The van der Waals surface area contributed by atoms with Gasteiger partial charge < -0.3 is 10.5 Å². The van der Waals surface area contributed by atoms with E-state index in [0.29, 0.717) is 12.6 Å². The third kappa shape index (κ3) is 4.53. The Morgan fingerprint density at radius 1 is 1.27 bits per heavy atom. The van der Waals surface area contributed by atoms with Gasteiger partial charge >= 0.3 is 0 Å². The molecular formula is C11H19NO3. The number of ether oxygens (including phenoxy) is 1. The zero-order valence-corrected chi connectivity index (χ0v) is 9.20. The van der Waals surface area contributed by atoms with Gasteiger partial charge in [-0.2, -0.15) is 0 Å². The predicted octanol–water partition coefficient (Wildman–Crippen LogP) is 0.821. The predicted molar refractivity (Wildman–Crippen MR) is 56.5 cm³/mol. The highest BCUT2D eigenvalue weighted by molar-refractivity contribution is 6.36. The number of nitrogens with two attached hydrogens (primary N) is 1. The first-order valence-corrected chi connectivity index (χ1v) is 5.50. The number of carbonyl (C=O) groups excluding carboxylic acids is 2. The van der Waals surface area contributed by atoms with Crippen LogP contribution in [-0.2, 0) is 14.3 Å². The second-order valence-electron chi connectivity index (χ2n) is 4.14. The molecule has 0 radical (unpaired) electrons. The van der Waals surface area contributed by atoms with Crippen LogP contribution in [0.25, 0.3) is 0 Å². The molecular weight excluding hydrogens is 194 g/mol. The summed E-state index contributed by atoms with van der Waals surface area (Å²) in [6.45, 7) is 1.65. The van der Waals surface area contributed by atoms with Gasteiger partial charge in [-0.25, -0.2) is 0 Å². The minimum absolute atomic E-state index is 0.206. The molecule has 0 aromatic carbocycles. The van der Waals surface area contributed by atoms with E-state index >= 15 is 0 Å². The average molecular weight is 213 g/mol. The number of Topliss-reactive ketones (excluding diaryl/α,β-unsaturated/α-hetero) is 2. The summed E-state index contributed by atoms with van der Waals surface area (Å²) in [4.78, 5) is 21.6. The van der Waals surface area contributed by atoms with Gasteiger partial charge in [-0.05, 0) is 25.7 Å². The van der Waals surface area contributed by atoms with Crippen molar-refractivity contribution in [2.75, 3.05) is 6.61 Å². The molecule has 0 aliphatic heterocycles. The minimum Gasteiger partial charge on any atom is -0.378 e. The van der Waals surface area contributed by atoms with Crippen molar-refractivity contribution in [3.8, 4) is 0 Å². The third-order valence-corrected chi connectivity index (χ3v) is 2.79. The van der Waals surface area contributed by atoms with Crippen molar-refractivity contribution in [2.24, 2.45) is 5.73 Å². The molecule has 0 aromatic heterocycles. The SMILES string of the molecule is CC(=O)C(=O)CCO[C@H]1CC[C@H](N)CC1. The van der Waals surface area contributed by atoms with Gasteiger partial charge in [-0.15, -0.1) is 0 Å². The molecule has 0 atom stereocenters. The summed E-state index contributed by atoms with van der Waals surface area (Å²) in [5.74, 6) is -0.730. The number of hydrogen-bond acceptors (Lipinski definition) is 4. The number of hydrogen-bond donors (Lipinski definition) is 1. The van der Waals surface area contributed by atoms with Crippen LogP contribution in [0, 0.1) is 0 Å². The summed E-state index contributed by atoms with van der Waals surface area (Å²) in [6.07, 6.45) is 4.35. The molecule has 4 nitrogen and oxygen atoms in total. The zero-order chi connectivity index (χ0) is 11.3. The van der Waals surface area contributed by atoms with Gasteiger partial charge in [0, 0.05) is 19.4 Å². The fourth-order valence-corrected chi connectivity index (χ4v) is 1.75. The van der Waals surface area contributed by atoms with E-state index in [4.69, 9.17) is 10.5 Å². The van der Waals surface area contributed by atoms with E-state index in [2.05, 4.69) is 0 Å². The van der Waals surface area contributed by atoms with Crippen LogP contribution < -0.4 is 5.73 Å². The number of carbonyl (C=O) groups is 2. The molecule has 0 aromatic rings. The van der Waals surface area contributed by atoms with Crippen LogP contribution in [0.2, 0.25) is 0 Å². The summed E-state index contributed by atoms with van der Waals surface area (Å²) >= 11 is 0. The molecule has 0 amide bonds. The highest BCUT2D eigenvalue weighted by Gasteiger charge is 2.19. The van der Waals surface area contributed by atoms with E-state index < -0.39 is 0 Å². The van der Waals surface area contributed by atoms with E-state index in [1.807, 2.05) is 0 Å². The Balaban J connectivity index is 2.10. The maximum Gasteiger partial charge on any atom is 0.200 e. The summed E-state index contributed by atoms with van der Waals surface area (Å²) in [7, 11) is 0. The molecule has 0 bridgehead atoms. The molecule has 4 heteroatoms. The topological polar surface area (TPSA) is 69.4 Å². The van der Waals surface area contributed by atoms with Gasteiger partial charge in [-0.3, -0.25) is 9.59 Å². The Kier molecular flexibility index (Phi) is 4.91. The van der Waals surface area contributed by atoms with E-state index in [9.17, 15) is 9.59 Å². The normalized spacial score (nSPS) is 26.3. The molecule has 15 heavy (non-hydrogen) atoms. The van der Waals surface area contributed by atoms with Crippen molar-refractivity contribution >= 4 is 11.6 Å². The fraction of sp³-hybridized carbons (Fsp3) is 0.818. The lowest BCUT2D eigenvalue weighted by Gasteiger charge is -2.25. The number of ketones is 2. The lowest BCUT2D eigenvalue weighted by Crippen LogP contribution is -2.30. The molecule has 1 aliphatic carbocycles. The minimum atomic E-state index is -0.385. The summed E-state index contributed by atoms with van der Waals surface area (Å²) in [5.41, 5.74) is 5.76. The molecule has 1 fully saturated rings. The molecule has 1 saturated carbocycles. The van der Waals surface area contributed by atoms with Crippen molar-refractivity contribution in [3.63, 3.8) is 0 Å². The second-order valence-corrected chi connectivity index (χ2v) is 4.14. The second kappa shape index (κ2) is 5.98. The molecule has 1 aliphatic rings. The third-order valence-electron chi connectivity index (χ3n) is 2.79. The summed E-state index contributed by atoms with van der Waals surface area (Å²) < 4.78 is 5.52. The van der Waals surface area contributed by atoms with Crippen molar-refractivity contribution in [1.82, 2.24) is 0 Å². The van der Waals surface area contributed by atoms with Crippen LogP contribution in [0.4, 0.5) is 0 Å². The van der Waals surface area contributed by atoms with Gasteiger partial charge in [0.2, 0.25) is 0 Å². The Morgan fingerprint density at radius 2 is 1.87 bits per heavy atom. The van der Waals surface area contributed by atoms with Gasteiger partial charge in [0.15, 0.2) is 11.6 Å². The molecule has 1 rings (SSSR count). The Morgan fingerprint density at radius 3 is 2.40 bits per heavy atom. The molecule has 2 N–H and O–H groups in total. The van der Waals surface area contributed by atoms with E-state index in [1.54, 1.807) is 0 Å². The van der Waals surface area contributed by atoms with E-state index in [1.165, 1.54) is 6.92 Å². The largest absolute Gasteiger partial charge is 0.378 e. The lowest BCUT2D eigenvalue weighted by molar-refractivity contribution is -0.136. The van der Waals surface area contributed by atoms with Gasteiger partial charge in [-0.1, -0.05) is 0 Å². The van der Waals surface area contributed by atoms with E-state index in [-0.39, 0.29) is 24.1 Å². The molecule has 0 heterocycles. The smallest absolute Gasteiger partial charge is 0.200 e. The van der Waals surface area contributed by atoms with Gasteiger partial charge in [0.1, 0.15) is 0 Å². The summed E-state index contributed by atoms with van der Waals surface area (Å²) in [6, 6.07) is 0.309. The number of rotatable bonds is 5. The standard InChI is InChI=1S/C11H19NO3/c1-8(13)11(14)6-7-15-10-4-2-9(12)3-5-10/h9-10H,2-7,12H2,1H3/t9-,10-. The highest BCUT2D eigenvalue weighted by atomic mass is 16.5. The van der Waals surface area contributed by atoms with Crippen LogP contribution in [0.1, 0.15) is 39.0 Å². The average Bonchev–Trinajstić information content (AvgIpc) is 2.20. The lowest BCUT2D eigenvalue weighted by atomic mass is 9.94. The molecule has 0 spiro atoms. The summed E-state index contributed by atoms with van der Waals surface area (Å²) in [5, 5.41) is 0. The maximum atomic E-state index is 11.0. The molecule has 0 saturated heterocycles. The monoisotopic (exact) mass is 213 g/mol. The van der Waals surface area contributed by atoms with Crippen LogP contribution in [0.3, 0.4) is 0 Å². The first-order valence-electron chi connectivity index (χ1n) is 5.50. The van der Waals surface area contributed by atoms with E-state index in [0.717, 1.165) is 25.7 Å². The van der Waals surface area contributed by atoms with Crippen molar-refractivity contribution < 1.29 is 14.3 Å². The van der Waals surface area contributed by atoms with Gasteiger partial charge in [0.25, 0.3) is 0 Å². The Bertz CT molecular complexity index is 232. The first-order chi connectivity index (χ1) is 7.09. The van der Waals surface area contributed by atoms with Crippen LogP contribution in [0.15, 0.2) is 0 Å².